The average molecular weight is 385 g/mol. The van der Waals surface area contributed by atoms with Gasteiger partial charge in [0.15, 0.2) is 0 Å². The molecule has 3 aromatic rings. The molecule has 28 heavy (non-hydrogen) atoms. The summed E-state index contributed by atoms with van der Waals surface area (Å²) in [6.45, 7) is 2.58. The molecule has 0 aliphatic heterocycles. The summed E-state index contributed by atoms with van der Waals surface area (Å²) in [7, 11) is 0. The molecule has 0 saturated heterocycles. The summed E-state index contributed by atoms with van der Waals surface area (Å²) in [4.78, 5) is 16.4. The minimum atomic E-state index is -4.47. The first-order valence-electron chi connectivity index (χ1n) is 8.55. The van der Waals surface area contributed by atoms with Crippen LogP contribution in [0.4, 0.5) is 24.5 Å². The highest BCUT2D eigenvalue weighted by Crippen LogP contribution is 2.30. The van der Waals surface area contributed by atoms with Crippen molar-refractivity contribution in [2.24, 2.45) is 0 Å². The Balaban J connectivity index is 1.67. The predicted molar refractivity (Wildman–Crippen MR) is 102 cm³/mol. The first-order chi connectivity index (χ1) is 13.3. The van der Waals surface area contributed by atoms with Crippen LogP contribution in [0.1, 0.15) is 27.2 Å². The number of carbonyl (C=O) groups is 1. The summed E-state index contributed by atoms with van der Waals surface area (Å²) in [5.74, 6) is -0.585. The Morgan fingerprint density at radius 1 is 1.00 bits per heavy atom. The molecule has 0 spiro atoms. The normalized spacial score (nSPS) is 11.1. The molecule has 1 heterocycles. The number of aromatic nitrogens is 1. The van der Waals surface area contributed by atoms with E-state index >= 15 is 0 Å². The molecular weight excluding hydrogens is 367 g/mol. The van der Waals surface area contributed by atoms with Crippen molar-refractivity contribution in [2.45, 2.75) is 19.6 Å². The SMILES string of the molecule is Cc1ccc(CNc2ccnc(C(=O)Nc3cccc(C(F)(F)F)c3)c2)cc1. The average Bonchev–Trinajstić information content (AvgIpc) is 2.67. The van der Waals surface area contributed by atoms with E-state index in [0.29, 0.717) is 12.2 Å². The largest absolute Gasteiger partial charge is 0.416 e. The first kappa shape index (κ1) is 19.4. The van der Waals surface area contributed by atoms with E-state index in [1.165, 1.54) is 23.9 Å². The van der Waals surface area contributed by atoms with Crippen molar-refractivity contribution < 1.29 is 18.0 Å². The molecule has 0 bridgehead atoms. The molecule has 1 aromatic heterocycles. The number of rotatable bonds is 5. The molecule has 4 nitrogen and oxygen atoms in total. The number of nitrogens with zero attached hydrogens (tertiary/aromatic N) is 1. The van der Waals surface area contributed by atoms with Crippen LogP contribution in [0, 0.1) is 6.92 Å². The molecule has 0 unspecified atom stereocenters. The molecule has 0 aliphatic rings. The van der Waals surface area contributed by atoms with Gasteiger partial charge < -0.3 is 10.6 Å². The Labute approximate surface area is 160 Å². The maximum Gasteiger partial charge on any atom is 0.416 e. The van der Waals surface area contributed by atoms with Gasteiger partial charge in [0.1, 0.15) is 5.69 Å². The van der Waals surface area contributed by atoms with Crippen LogP contribution in [0.15, 0.2) is 66.9 Å². The standard InChI is InChI=1S/C21H18F3N3O/c1-14-5-7-15(8-6-14)13-26-17-9-10-25-19(12-17)20(28)27-18-4-2-3-16(11-18)21(22,23)24/h2-12H,13H2,1H3,(H,25,26)(H,27,28). The van der Waals surface area contributed by atoms with Crippen LogP contribution in [0.5, 0.6) is 0 Å². The fourth-order valence-corrected chi connectivity index (χ4v) is 2.54. The molecule has 0 fully saturated rings. The first-order valence-corrected chi connectivity index (χ1v) is 8.55. The lowest BCUT2D eigenvalue weighted by Gasteiger charge is -2.11. The van der Waals surface area contributed by atoms with Gasteiger partial charge >= 0.3 is 6.18 Å². The van der Waals surface area contributed by atoms with Crippen molar-refractivity contribution >= 4 is 17.3 Å². The van der Waals surface area contributed by atoms with Gasteiger partial charge in [-0.15, -0.1) is 0 Å². The topological polar surface area (TPSA) is 54.0 Å². The molecular formula is C21H18F3N3O. The number of aryl methyl sites for hydroxylation is 1. The minimum absolute atomic E-state index is 0.0552. The number of amides is 1. The van der Waals surface area contributed by atoms with Crippen molar-refractivity contribution in [2.75, 3.05) is 10.6 Å². The van der Waals surface area contributed by atoms with Crippen molar-refractivity contribution in [3.63, 3.8) is 0 Å². The number of hydrogen-bond donors (Lipinski definition) is 2. The number of nitrogens with one attached hydrogen (secondary N) is 2. The number of carbonyl (C=O) groups excluding carboxylic acids is 1. The van der Waals surface area contributed by atoms with Crippen LogP contribution in [0.25, 0.3) is 0 Å². The van der Waals surface area contributed by atoms with E-state index < -0.39 is 17.6 Å². The third-order valence-electron chi connectivity index (χ3n) is 4.06. The third kappa shape index (κ3) is 5.09. The zero-order valence-corrected chi connectivity index (χ0v) is 15.0. The third-order valence-corrected chi connectivity index (χ3v) is 4.06. The van der Waals surface area contributed by atoms with Crippen LogP contribution in [-0.4, -0.2) is 10.9 Å². The zero-order valence-electron chi connectivity index (χ0n) is 15.0. The summed E-state index contributed by atoms with van der Waals surface area (Å²) in [5.41, 5.74) is 2.26. The molecule has 0 saturated carbocycles. The van der Waals surface area contributed by atoms with E-state index in [0.717, 1.165) is 17.7 Å². The Kier molecular flexibility index (Phi) is 5.63. The number of pyridine rings is 1. The van der Waals surface area contributed by atoms with Gasteiger partial charge in [-0.2, -0.15) is 13.2 Å². The Morgan fingerprint density at radius 2 is 1.75 bits per heavy atom. The van der Waals surface area contributed by atoms with Gasteiger partial charge in [-0.25, -0.2) is 0 Å². The van der Waals surface area contributed by atoms with E-state index in [4.69, 9.17) is 0 Å². The maximum absolute atomic E-state index is 12.8. The molecule has 2 N–H and O–H groups in total. The smallest absolute Gasteiger partial charge is 0.381 e. The van der Waals surface area contributed by atoms with Crippen LogP contribution in [-0.2, 0) is 12.7 Å². The molecule has 144 valence electrons. The molecule has 1 amide bonds. The van der Waals surface area contributed by atoms with Gasteiger partial charge in [-0.1, -0.05) is 35.9 Å². The van der Waals surface area contributed by atoms with Crippen molar-refractivity contribution in [3.8, 4) is 0 Å². The lowest BCUT2D eigenvalue weighted by Crippen LogP contribution is -2.15. The molecule has 7 heteroatoms. The monoisotopic (exact) mass is 385 g/mol. The maximum atomic E-state index is 12.8. The van der Waals surface area contributed by atoms with E-state index in [1.807, 2.05) is 31.2 Å². The highest BCUT2D eigenvalue weighted by molar-refractivity contribution is 6.03. The Hall–Kier alpha value is -3.35. The number of halogens is 3. The summed E-state index contributed by atoms with van der Waals surface area (Å²) in [5, 5.41) is 5.65. The fraction of sp³-hybridized carbons (Fsp3) is 0.143. The zero-order chi connectivity index (χ0) is 20.1. The van der Waals surface area contributed by atoms with Crippen LogP contribution in [0.3, 0.4) is 0 Å². The van der Waals surface area contributed by atoms with Gasteiger partial charge in [-0.3, -0.25) is 9.78 Å². The summed E-state index contributed by atoms with van der Waals surface area (Å²) in [6.07, 6.45) is -3.00. The second-order valence-electron chi connectivity index (χ2n) is 6.30. The lowest BCUT2D eigenvalue weighted by molar-refractivity contribution is -0.137. The van der Waals surface area contributed by atoms with Crippen LogP contribution in [0.2, 0.25) is 0 Å². The quantitative estimate of drug-likeness (QED) is 0.629. The van der Waals surface area contributed by atoms with Crippen molar-refractivity contribution in [1.82, 2.24) is 4.98 Å². The van der Waals surface area contributed by atoms with Crippen LogP contribution < -0.4 is 10.6 Å². The lowest BCUT2D eigenvalue weighted by atomic mass is 10.1. The number of benzene rings is 2. The van der Waals surface area contributed by atoms with E-state index in [1.54, 1.807) is 12.1 Å². The van der Waals surface area contributed by atoms with E-state index in [9.17, 15) is 18.0 Å². The Bertz CT molecular complexity index is 969. The van der Waals surface area contributed by atoms with Gasteiger partial charge in [-0.05, 0) is 42.8 Å². The predicted octanol–water partition coefficient (Wildman–Crippen LogP) is 5.27. The summed E-state index contributed by atoms with van der Waals surface area (Å²) in [6, 6.07) is 15.8. The number of hydrogen-bond acceptors (Lipinski definition) is 3. The molecule has 0 atom stereocenters. The molecule has 2 aromatic carbocycles. The van der Waals surface area contributed by atoms with Crippen molar-refractivity contribution in [1.29, 1.82) is 0 Å². The second-order valence-corrected chi connectivity index (χ2v) is 6.30. The number of anilines is 2. The van der Waals surface area contributed by atoms with Gasteiger partial charge in [0, 0.05) is 24.1 Å². The van der Waals surface area contributed by atoms with E-state index in [-0.39, 0.29) is 11.4 Å². The van der Waals surface area contributed by atoms with Crippen molar-refractivity contribution in [3.05, 3.63) is 89.2 Å². The second kappa shape index (κ2) is 8.12. The highest BCUT2D eigenvalue weighted by atomic mass is 19.4. The fourth-order valence-electron chi connectivity index (χ4n) is 2.54. The molecule has 0 radical (unpaired) electrons. The van der Waals surface area contributed by atoms with Crippen LogP contribution >= 0.6 is 0 Å². The number of alkyl halides is 3. The molecule has 0 aliphatic carbocycles. The molecule has 3 rings (SSSR count). The minimum Gasteiger partial charge on any atom is -0.381 e. The highest BCUT2D eigenvalue weighted by Gasteiger charge is 2.30. The van der Waals surface area contributed by atoms with E-state index in [2.05, 4.69) is 15.6 Å². The van der Waals surface area contributed by atoms with Gasteiger partial charge in [0.2, 0.25) is 0 Å². The summed E-state index contributed by atoms with van der Waals surface area (Å²) >= 11 is 0. The summed E-state index contributed by atoms with van der Waals surface area (Å²) < 4.78 is 38.4. The van der Waals surface area contributed by atoms with Gasteiger partial charge in [0.05, 0.1) is 5.56 Å². The Morgan fingerprint density at radius 3 is 2.46 bits per heavy atom. The van der Waals surface area contributed by atoms with Gasteiger partial charge in [0.25, 0.3) is 5.91 Å².